The van der Waals surface area contributed by atoms with Crippen LogP contribution in [0.25, 0.3) is 0 Å². The van der Waals surface area contributed by atoms with Gasteiger partial charge < -0.3 is 10.2 Å². The highest BCUT2D eigenvalue weighted by molar-refractivity contribution is 7.79. The van der Waals surface area contributed by atoms with Crippen molar-refractivity contribution in [1.29, 1.82) is 0 Å². The number of aromatic nitrogens is 1. The van der Waals surface area contributed by atoms with E-state index in [0.29, 0.717) is 12.2 Å². The lowest BCUT2D eigenvalue weighted by molar-refractivity contribution is -0.133. The van der Waals surface area contributed by atoms with Gasteiger partial charge in [-0.2, -0.15) is 12.6 Å². The first kappa shape index (κ1) is 18.7. The molecule has 5 nitrogen and oxygen atoms in total. The number of nitrogens with one attached hydrogen (secondary N) is 1. The Labute approximate surface area is 156 Å². The van der Waals surface area contributed by atoms with Gasteiger partial charge in [0, 0.05) is 50.6 Å². The average Bonchev–Trinajstić information content (AvgIpc) is 2.67. The molecule has 0 aromatic carbocycles. The van der Waals surface area contributed by atoms with Crippen LogP contribution in [0.2, 0.25) is 0 Å². The fraction of sp³-hybridized carbons (Fsp3) is 0.684. The Morgan fingerprint density at radius 1 is 1.16 bits per heavy atom. The number of hydrogen-bond donors (Lipinski definition) is 2. The van der Waals surface area contributed by atoms with Crippen LogP contribution in [0.3, 0.4) is 0 Å². The van der Waals surface area contributed by atoms with Gasteiger partial charge in [0.15, 0.2) is 0 Å². The molecule has 0 aliphatic carbocycles. The summed E-state index contributed by atoms with van der Waals surface area (Å²) in [6, 6.07) is 5.97. The van der Waals surface area contributed by atoms with Crippen LogP contribution >= 0.6 is 12.6 Å². The van der Waals surface area contributed by atoms with Crippen molar-refractivity contribution in [3.63, 3.8) is 0 Å². The maximum absolute atomic E-state index is 12.5. The van der Waals surface area contributed by atoms with Crippen LogP contribution in [0.5, 0.6) is 0 Å². The minimum atomic E-state index is 0.264. The van der Waals surface area contributed by atoms with E-state index >= 15 is 0 Å². The highest BCUT2D eigenvalue weighted by atomic mass is 32.1. The molecule has 2 aliphatic heterocycles. The zero-order valence-electron chi connectivity index (χ0n) is 15.0. The number of rotatable bonds is 6. The van der Waals surface area contributed by atoms with Crippen molar-refractivity contribution < 1.29 is 4.79 Å². The summed E-state index contributed by atoms with van der Waals surface area (Å²) < 4.78 is 0. The molecule has 0 bridgehead atoms. The Kier molecular flexibility index (Phi) is 7.13. The summed E-state index contributed by atoms with van der Waals surface area (Å²) in [5.74, 6) is 1.73. The zero-order valence-corrected chi connectivity index (χ0v) is 15.9. The Bertz CT molecular complexity index is 554. The quantitative estimate of drug-likeness (QED) is 0.755. The van der Waals surface area contributed by atoms with Gasteiger partial charge in [-0.25, -0.2) is 0 Å². The molecule has 3 heterocycles. The fourth-order valence-corrected chi connectivity index (χ4v) is 3.94. The molecule has 1 aromatic heterocycles. The molecule has 138 valence electrons. The normalized spacial score (nSPS) is 20.0. The molecule has 2 aliphatic rings. The predicted molar refractivity (Wildman–Crippen MR) is 104 cm³/mol. The van der Waals surface area contributed by atoms with E-state index in [1.54, 1.807) is 0 Å². The second-order valence-electron chi connectivity index (χ2n) is 7.15. The first-order valence-electron chi connectivity index (χ1n) is 9.51. The molecule has 1 aromatic rings. The Hall–Kier alpha value is -1.11. The third kappa shape index (κ3) is 5.69. The number of piperidine rings is 1. The third-order valence-corrected chi connectivity index (χ3v) is 5.65. The summed E-state index contributed by atoms with van der Waals surface area (Å²) >= 11 is 4.26. The molecule has 1 amide bonds. The van der Waals surface area contributed by atoms with Crippen molar-refractivity contribution in [2.24, 2.45) is 5.92 Å². The van der Waals surface area contributed by atoms with E-state index in [9.17, 15) is 4.79 Å². The SMILES string of the molecule is O=C(CCc1cccc(CS)n1)N1CCN(CC2CCNCC2)CC1. The van der Waals surface area contributed by atoms with Gasteiger partial charge in [-0.3, -0.25) is 14.7 Å². The fourth-order valence-electron chi connectivity index (χ4n) is 3.76. The van der Waals surface area contributed by atoms with E-state index in [0.717, 1.165) is 63.0 Å². The number of carbonyl (C=O) groups excluding carboxylic acids is 1. The summed E-state index contributed by atoms with van der Waals surface area (Å²) in [7, 11) is 0. The number of aryl methyl sites for hydroxylation is 1. The Morgan fingerprint density at radius 2 is 1.88 bits per heavy atom. The van der Waals surface area contributed by atoms with Gasteiger partial charge in [0.1, 0.15) is 0 Å². The number of piperazine rings is 1. The van der Waals surface area contributed by atoms with Gasteiger partial charge in [-0.1, -0.05) is 6.07 Å². The Morgan fingerprint density at radius 3 is 2.60 bits per heavy atom. The number of nitrogens with zero attached hydrogens (tertiary/aromatic N) is 3. The lowest BCUT2D eigenvalue weighted by Gasteiger charge is -2.37. The van der Waals surface area contributed by atoms with Crippen LogP contribution < -0.4 is 5.32 Å². The van der Waals surface area contributed by atoms with Crippen molar-refractivity contribution in [2.45, 2.75) is 31.4 Å². The lowest BCUT2D eigenvalue weighted by Crippen LogP contribution is -2.50. The van der Waals surface area contributed by atoms with Crippen molar-refractivity contribution in [1.82, 2.24) is 20.1 Å². The highest BCUT2D eigenvalue weighted by Gasteiger charge is 2.23. The summed E-state index contributed by atoms with van der Waals surface area (Å²) in [6.07, 6.45) is 3.85. The minimum absolute atomic E-state index is 0.264. The molecule has 3 rings (SSSR count). The third-order valence-electron chi connectivity index (χ3n) is 5.32. The van der Waals surface area contributed by atoms with E-state index in [2.05, 4.69) is 27.8 Å². The molecule has 25 heavy (non-hydrogen) atoms. The minimum Gasteiger partial charge on any atom is -0.340 e. The molecule has 0 atom stereocenters. The van der Waals surface area contributed by atoms with Crippen LogP contribution in [0.4, 0.5) is 0 Å². The van der Waals surface area contributed by atoms with Gasteiger partial charge in [-0.15, -0.1) is 0 Å². The summed E-state index contributed by atoms with van der Waals surface area (Å²) in [6.45, 7) is 7.29. The van der Waals surface area contributed by atoms with Crippen molar-refractivity contribution >= 4 is 18.5 Å². The Balaban J connectivity index is 1.39. The van der Waals surface area contributed by atoms with Gasteiger partial charge in [-0.05, 0) is 50.4 Å². The van der Waals surface area contributed by atoms with E-state index in [1.807, 2.05) is 23.1 Å². The molecular formula is C19H30N4OS. The first-order chi connectivity index (χ1) is 12.2. The van der Waals surface area contributed by atoms with Crippen molar-refractivity contribution in [3.05, 3.63) is 29.6 Å². The average molecular weight is 363 g/mol. The molecule has 0 unspecified atom stereocenters. The van der Waals surface area contributed by atoms with E-state index in [-0.39, 0.29) is 5.91 Å². The molecule has 1 N–H and O–H groups in total. The van der Waals surface area contributed by atoms with E-state index < -0.39 is 0 Å². The molecule has 2 saturated heterocycles. The molecule has 6 heteroatoms. The van der Waals surface area contributed by atoms with Gasteiger partial charge in [0.25, 0.3) is 0 Å². The number of hydrogen-bond acceptors (Lipinski definition) is 5. The second kappa shape index (κ2) is 9.55. The molecule has 2 fully saturated rings. The van der Waals surface area contributed by atoms with Crippen LogP contribution in [-0.2, 0) is 17.0 Å². The maximum atomic E-state index is 12.5. The monoisotopic (exact) mass is 362 g/mol. The summed E-state index contributed by atoms with van der Waals surface area (Å²) in [5, 5.41) is 3.43. The topological polar surface area (TPSA) is 48.5 Å². The predicted octanol–water partition coefficient (Wildman–Crippen LogP) is 1.59. The van der Waals surface area contributed by atoms with E-state index in [4.69, 9.17) is 0 Å². The first-order valence-corrected chi connectivity index (χ1v) is 10.1. The lowest BCUT2D eigenvalue weighted by atomic mass is 9.97. The summed E-state index contributed by atoms with van der Waals surface area (Å²) in [5.41, 5.74) is 1.96. The zero-order chi connectivity index (χ0) is 17.5. The largest absolute Gasteiger partial charge is 0.340 e. The van der Waals surface area contributed by atoms with Crippen LogP contribution in [0.1, 0.15) is 30.7 Å². The number of pyridine rings is 1. The second-order valence-corrected chi connectivity index (χ2v) is 7.47. The van der Waals surface area contributed by atoms with Crippen LogP contribution in [0.15, 0.2) is 18.2 Å². The van der Waals surface area contributed by atoms with Crippen LogP contribution in [-0.4, -0.2) is 66.5 Å². The number of carbonyl (C=O) groups is 1. The summed E-state index contributed by atoms with van der Waals surface area (Å²) in [4.78, 5) is 21.6. The van der Waals surface area contributed by atoms with Gasteiger partial charge in [0.2, 0.25) is 5.91 Å². The van der Waals surface area contributed by atoms with E-state index in [1.165, 1.54) is 19.4 Å². The van der Waals surface area contributed by atoms with Crippen molar-refractivity contribution in [2.75, 3.05) is 45.8 Å². The molecule has 0 saturated carbocycles. The number of amides is 1. The molecule has 0 radical (unpaired) electrons. The van der Waals surface area contributed by atoms with Crippen molar-refractivity contribution in [3.8, 4) is 0 Å². The molecule has 0 spiro atoms. The standard InChI is InChI=1S/C19H30N4OS/c24-19(5-4-17-2-1-3-18(15-25)21-17)23-12-10-22(11-13-23)14-16-6-8-20-9-7-16/h1-3,16,20,25H,4-15H2. The van der Waals surface area contributed by atoms with Gasteiger partial charge >= 0.3 is 0 Å². The smallest absolute Gasteiger partial charge is 0.223 e. The van der Waals surface area contributed by atoms with Gasteiger partial charge in [0.05, 0.1) is 5.69 Å². The number of thiol groups is 1. The maximum Gasteiger partial charge on any atom is 0.223 e. The highest BCUT2D eigenvalue weighted by Crippen LogP contribution is 2.15. The molecular weight excluding hydrogens is 332 g/mol. The van der Waals surface area contributed by atoms with Crippen LogP contribution in [0, 0.1) is 5.92 Å².